The number of amides is 1. The number of benzene rings is 2. The Morgan fingerprint density at radius 1 is 1.21 bits per heavy atom. The Hall–Kier alpha value is -2.41. The number of methoxy groups -OCH3 is 1. The molecule has 0 atom stereocenters. The maximum Gasteiger partial charge on any atom is 0.338 e. The maximum atomic E-state index is 13.5. The fourth-order valence-corrected chi connectivity index (χ4v) is 2.32. The minimum absolute atomic E-state index is 0.00639. The van der Waals surface area contributed by atoms with Gasteiger partial charge in [-0.05, 0) is 29.8 Å². The highest BCUT2D eigenvalue weighted by atomic mass is 79.9. The van der Waals surface area contributed by atoms with Gasteiger partial charge in [0.1, 0.15) is 0 Å². The normalized spacial score (nSPS) is 10.1. The molecule has 0 aliphatic heterocycles. The summed E-state index contributed by atoms with van der Waals surface area (Å²) in [7, 11) is 1.33. The van der Waals surface area contributed by atoms with Crippen LogP contribution in [0.3, 0.4) is 0 Å². The molecule has 1 amide bonds. The van der Waals surface area contributed by atoms with Gasteiger partial charge in [0.2, 0.25) is 0 Å². The summed E-state index contributed by atoms with van der Waals surface area (Å²) in [5.41, 5.74) is 0.904. The highest BCUT2D eigenvalue weighted by Gasteiger charge is 2.13. The van der Waals surface area contributed by atoms with Gasteiger partial charge in [-0.15, -0.1) is 0 Å². The van der Waals surface area contributed by atoms with E-state index in [2.05, 4.69) is 21.2 Å². The van der Waals surface area contributed by atoms with Crippen molar-refractivity contribution < 1.29 is 23.5 Å². The van der Waals surface area contributed by atoms with Crippen molar-refractivity contribution in [2.45, 2.75) is 6.54 Å². The summed E-state index contributed by atoms with van der Waals surface area (Å²) in [5.74, 6) is -1.89. The first-order valence-electron chi connectivity index (χ1n) is 7.02. The smallest absolute Gasteiger partial charge is 0.338 e. The Balaban J connectivity index is 1.84. The van der Waals surface area contributed by atoms with Crippen molar-refractivity contribution >= 4 is 27.8 Å². The second kappa shape index (κ2) is 8.44. The lowest BCUT2D eigenvalue weighted by molar-refractivity contribution is -0.124. The van der Waals surface area contributed by atoms with Crippen LogP contribution in [0.15, 0.2) is 46.9 Å². The lowest BCUT2D eigenvalue weighted by Gasteiger charge is -2.08. The summed E-state index contributed by atoms with van der Waals surface area (Å²) < 4.78 is 24.0. The quantitative estimate of drug-likeness (QED) is 0.763. The van der Waals surface area contributed by atoms with Crippen LogP contribution in [0.25, 0.3) is 0 Å². The van der Waals surface area contributed by atoms with Crippen LogP contribution in [-0.2, 0) is 16.1 Å². The Morgan fingerprint density at radius 2 is 1.96 bits per heavy atom. The van der Waals surface area contributed by atoms with Crippen LogP contribution in [-0.4, -0.2) is 25.6 Å². The third-order valence-electron chi connectivity index (χ3n) is 3.16. The van der Waals surface area contributed by atoms with E-state index in [1.165, 1.54) is 19.2 Å². The largest absolute Gasteiger partial charge is 0.494 e. The van der Waals surface area contributed by atoms with Crippen molar-refractivity contribution in [1.29, 1.82) is 0 Å². The Kier molecular flexibility index (Phi) is 6.31. The molecule has 0 saturated carbocycles. The minimum atomic E-state index is -0.785. The lowest BCUT2D eigenvalue weighted by atomic mass is 10.2. The van der Waals surface area contributed by atoms with Crippen LogP contribution in [0.1, 0.15) is 15.9 Å². The molecule has 24 heavy (non-hydrogen) atoms. The van der Waals surface area contributed by atoms with Crippen molar-refractivity contribution in [3.05, 3.63) is 63.9 Å². The number of hydrogen-bond donors (Lipinski definition) is 1. The molecule has 0 fully saturated rings. The molecule has 0 aliphatic carbocycles. The van der Waals surface area contributed by atoms with Crippen molar-refractivity contribution in [3.63, 3.8) is 0 Å². The standard InChI is InChI=1S/C17H15BrFNO4/c1-23-15-7-6-11(8-14(15)19)17(22)24-10-16(21)20-9-12-4-2-3-5-13(12)18/h2-8H,9-10H2,1H3,(H,20,21). The van der Waals surface area contributed by atoms with Crippen LogP contribution in [0.2, 0.25) is 0 Å². The van der Waals surface area contributed by atoms with E-state index >= 15 is 0 Å². The first kappa shape index (κ1) is 17.9. The fraction of sp³-hybridized carbons (Fsp3) is 0.176. The number of carbonyl (C=O) groups is 2. The van der Waals surface area contributed by atoms with Gasteiger partial charge in [0.15, 0.2) is 18.2 Å². The van der Waals surface area contributed by atoms with E-state index in [9.17, 15) is 14.0 Å². The van der Waals surface area contributed by atoms with Crippen LogP contribution in [0.4, 0.5) is 4.39 Å². The van der Waals surface area contributed by atoms with E-state index in [1.807, 2.05) is 24.3 Å². The lowest BCUT2D eigenvalue weighted by Crippen LogP contribution is -2.28. The topological polar surface area (TPSA) is 64.6 Å². The third-order valence-corrected chi connectivity index (χ3v) is 3.93. The molecule has 5 nitrogen and oxygen atoms in total. The minimum Gasteiger partial charge on any atom is -0.494 e. The highest BCUT2D eigenvalue weighted by molar-refractivity contribution is 9.10. The van der Waals surface area contributed by atoms with Gasteiger partial charge in [-0.2, -0.15) is 0 Å². The zero-order valence-corrected chi connectivity index (χ0v) is 14.4. The summed E-state index contributed by atoms with van der Waals surface area (Å²) in [6.45, 7) is -0.147. The third kappa shape index (κ3) is 4.79. The van der Waals surface area contributed by atoms with Crippen molar-refractivity contribution in [1.82, 2.24) is 5.32 Å². The van der Waals surface area contributed by atoms with E-state index in [0.717, 1.165) is 16.1 Å². The number of halogens is 2. The Labute approximate surface area is 146 Å². The SMILES string of the molecule is COc1ccc(C(=O)OCC(=O)NCc2ccccc2Br)cc1F. The van der Waals surface area contributed by atoms with Gasteiger partial charge in [-0.25, -0.2) is 9.18 Å². The van der Waals surface area contributed by atoms with Crippen LogP contribution in [0.5, 0.6) is 5.75 Å². The zero-order valence-electron chi connectivity index (χ0n) is 12.8. The highest BCUT2D eigenvalue weighted by Crippen LogP contribution is 2.18. The number of hydrogen-bond acceptors (Lipinski definition) is 4. The number of nitrogens with one attached hydrogen (secondary N) is 1. The molecule has 2 rings (SSSR count). The molecule has 2 aromatic carbocycles. The summed E-state index contributed by atoms with van der Waals surface area (Å²) in [5, 5.41) is 2.64. The molecule has 0 spiro atoms. The molecule has 0 unspecified atom stereocenters. The Morgan fingerprint density at radius 3 is 2.62 bits per heavy atom. The average Bonchev–Trinajstić information content (AvgIpc) is 2.58. The van der Waals surface area contributed by atoms with E-state index < -0.39 is 24.3 Å². The summed E-state index contributed by atoms with van der Waals surface area (Å²) in [4.78, 5) is 23.5. The van der Waals surface area contributed by atoms with Crippen LogP contribution in [0, 0.1) is 5.82 Å². The van der Waals surface area contributed by atoms with Gasteiger partial charge in [-0.1, -0.05) is 34.1 Å². The first-order chi connectivity index (χ1) is 11.5. The maximum absolute atomic E-state index is 13.5. The average molecular weight is 396 g/mol. The van der Waals surface area contributed by atoms with Gasteiger partial charge in [0, 0.05) is 11.0 Å². The molecule has 7 heteroatoms. The summed E-state index contributed by atoms with van der Waals surface area (Å²) in [6.07, 6.45) is 0. The zero-order chi connectivity index (χ0) is 17.5. The first-order valence-corrected chi connectivity index (χ1v) is 7.81. The van der Waals surface area contributed by atoms with Gasteiger partial charge in [-0.3, -0.25) is 4.79 Å². The van der Waals surface area contributed by atoms with Crippen molar-refractivity contribution in [3.8, 4) is 5.75 Å². The molecule has 0 radical (unpaired) electrons. The van der Waals surface area contributed by atoms with Crippen molar-refractivity contribution in [2.24, 2.45) is 0 Å². The van der Waals surface area contributed by atoms with Gasteiger partial charge >= 0.3 is 5.97 Å². The fourth-order valence-electron chi connectivity index (χ4n) is 1.89. The second-order valence-electron chi connectivity index (χ2n) is 4.79. The van der Waals surface area contributed by atoms with E-state index in [0.29, 0.717) is 6.54 Å². The molecule has 0 aliphatic rings. The molecule has 0 aromatic heterocycles. The molecular formula is C17H15BrFNO4. The molecule has 126 valence electrons. The molecular weight excluding hydrogens is 381 g/mol. The summed E-state index contributed by atoms with van der Waals surface area (Å²) >= 11 is 3.38. The predicted molar refractivity (Wildman–Crippen MR) is 89.2 cm³/mol. The van der Waals surface area contributed by atoms with Crippen LogP contribution < -0.4 is 10.1 Å². The number of esters is 1. The van der Waals surface area contributed by atoms with Gasteiger partial charge in [0.25, 0.3) is 5.91 Å². The van der Waals surface area contributed by atoms with Crippen LogP contribution >= 0.6 is 15.9 Å². The summed E-state index contributed by atoms with van der Waals surface area (Å²) in [6, 6.07) is 11.1. The number of ether oxygens (including phenoxy) is 2. The number of carbonyl (C=O) groups excluding carboxylic acids is 2. The molecule has 0 saturated heterocycles. The molecule has 2 aromatic rings. The Bertz CT molecular complexity index is 751. The molecule has 0 heterocycles. The van der Waals surface area contributed by atoms with E-state index in [1.54, 1.807) is 0 Å². The van der Waals surface area contributed by atoms with Crippen molar-refractivity contribution in [2.75, 3.05) is 13.7 Å². The van der Waals surface area contributed by atoms with E-state index in [-0.39, 0.29) is 11.3 Å². The van der Waals surface area contributed by atoms with Gasteiger partial charge in [0.05, 0.1) is 12.7 Å². The molecule has 1 N–H and O–H groups in total. The van der Waals surface area contributed by atoms with Gasteiger partial charge < -0.3 is 14.8 Å². The predicted octanol–water partition coefficient (Wildman–Crippen LogP) is 3.07. The monoisotopic (exact) mass is 395 g/mol. The molecule has 0 bridgehead atoms. The van der Waals surface area contributed by atoms with E-state index in [4.69, 9.17) is 9.47 Å². The second-order valence-corrected chi connectivity index (χ2v) is 5.65. The number of rotatable bonds is 6.